The van der Waals surface area contributed by atoms with E-state index in [0.717, 1.165) is 10.5 Å². The van der Waals surface area contributed by atoms with Gasteiger partial charge in [-0.2, -0.15) is 0 Å². The van der Waals surface area contributed by atoms with Crippen molar-refractivity contribution >= 4 is 11.8 Å². The van der Waals surface area contributed by atoms with Gasteiger partial charge in [0.2, 0.25) is 0 Å². The van der Waals surface area contributed by atoms with Crippen molar-refractivity contribution in [3.05, 3.63) is 65.2 Å². The maximum atomic E-state index is 12.1. The zero-order valence-electron chi connectivity index (χ0n) is 11.0. The van der Waals surface area contributed by atoms with Crippen LogP contribution >= 0.6 is 0 Å². The lowest BCUT2D eigenvalue weighted by atomic mass is 10.1. The number of benzene rings is 2. The molecule has 4 nitrogen and oxygen atoms in total. The molecule has 0 saturated carbocycles. The van der Waals surface area contributed by atoms with E-state index in [1.807, 2.05) is 30.3 Å². The van der Waals surface area contributed by atoms with Gasteiger partial charge >= 0.3 is 0 Å². The molecule has 0 atom stereocenters. The fourth-order valence-corrected chi connectivity index (χ4v) is 2.23. The fourth-order valence-electron chi connectivity index (χ4n) is 2.23. The number of fused-ring (bicyclic) bond motifs is 1. The number of nitrogens with zero attached hydrogens (tertiary/aromatic N) is 1. The minimum Gasteiger partial charge on any atom is -0.488 e. The molecule has 2 amide bonds. The lowest BCUT2D eigenvalue weighted by Gasteiger charge is -2.09. The molecule has 0 unspecified atom stereocenters. The third-order valence-electron chi connectivity index (χ3n) is 3.32. The summed E-state index contributed by atoms with van der Waals surface area (Å²) in [6.45, 7) is 0.364. The van der Waals surface area contributed by atoms with Crippen LogP contribution in [0.5, 0.6) is 5.75 Å². The van der Waals surface area contributed by atoms with Gasteiger partial charge < -0.3 is 4.74 Å². The predicted octanol–water partition coefficient (Wildman–Crippen LogP) is 2.49. The number of amides is 2. The first-order valence-corrected chi connectivity index (χ1v) is 6.30. The first-order valence-electron chi connectivity index (χ1n) is 6.30. The Morgan fingerprint density at radius 1 is 0.950 bits per heavy atom. The molecule has 2 aromatic rings. The molecular formula is C16H13NO3. The number of imide groups is 1. The SMILES string of the molecule is CN1C(=O)c2cccc(OCc3ccccc3)c2C1=O. The van der Waals surface area contributed by atoms with Crippen molar-refractivity contribution in [3.8, 4) is 5.75 Å². The largest absolute Gasteiger partial charge is 0.488 e. The van der Waals surface area contributed by atoms with Gasteiger partial charge in [0.15, 0.2) is 0 Å². The number of carbonyl (C=O) groups is 2. The van der Waals surface area contributed by atoms with Crippen LogP contribution in [0.1, 0.15) is 26.3 Å². The molecule has 0 aromatic heterocycles. The van der Waals surface area contributed by atoms with E-state index >= 15 is 0 Å². The topological polar surface area (TPSA) is 46.6 Å². The molecule has 0 radical (unpaired) electrons. The summed E-state index contributed by atoms with van der Waals surface area (Å²) in [6, 6.07) is 14.8. The summed E-state index contributed by atoms with van der Waals surface area (Å²) in [6.07, 6.45) is 0. The molecule has 20 heavy (non-hydrogen) atoms. The van der Waals surface area contributed by atoms with E-state index in [0.29, 0.717) is 23.5 Å². The molecule has 1 aliphatic rings. The smallest absolute Gasteiger partial charge is 0.265 e. The van der Waals surface area contributed by atoms with Gasteiger partial charge in [0, 0.05) is 7.05 Å². The van der Waals surface area contributed by atoms with Crippen molar-refractivity contribution in [2.75, 3.05) is 7.05 Å². The zero-order valence-corrected chi connectivity index (χ0v) is 11.0. The van der Waals surface area contributed by atoms with Gasteiger partial charge in [-0.15, -0.1) is 0 Å². The van der Waals surface area contributed by atoms with E-state index in [-0.39, 0.29) is 11.8 Å². The molecule has 3 rings (SSSR count). The van der Waals surface area contributed by atoms with Gasteiger partial charge in [-0.1, -0.05) is 36.4 Å². The number of hydrogen-bond donors (Lipinski definition) is 0. The number of rotatable bonds is 3. The Bertz CT molecular complexity index is 679. The molecule has 4 heteroatoms. The van der Waals surface area contributed by atoms with Gasteiger partial charge in [0.25, 0.3) is 11.8 Å². The summed E-state index contributed by atoms with van der Waals surface area (Å²) >= 11 is 0. The summed E-state index contributed by atoms with van der Waals surface area (Å²) in [5.41, 5.74) is 1.77. The first kappa shape index (κ1) is 12.4. The molecule has 1 aliphatic heterocycles. The summed E-state index contributed by atoms with van der Waals surface area (Å²) in [7, 11) is 1.48. The van der Waals surface area contributed by atoms with Crippen LogP contribution in [0.4, 0.5) is 0 Å². The van der Waals surface area contributed by atoms with Crippen molar-refractivity contribution in [1.82, 2.24) is 4.90 Å². The monoisotopic (exact) mass is 267 g/mol. The van der Waals surface area contributed by atoms with E-state index in [1.54, 1.807) is 18.2 Å². The molecule has 0 fully saturated rings. The van der Waals surface area contributed by atoms with Crippen LogP contribution < -0.4 is 4.74 Å². The fraction of sp³-hybridized carbons (Fsp3) is 0.125. The second-order valence-electron chi connectivity index (χ2n) is 4.62. The summed E-state index contributed by atoms with van der Waals surface area (Å²) < 4.78 is 5.70. The summed E-state index contributed by atoms with van der Waals surface area (Å²) in [5.74, 6) is -0.141. The van der Waals surface area contributed by atoms with Crippen molar-refractivity contribution < 1.29 is 14.3 Å². The number of hydrogen-bond acceptors (Lipinski definition) is 3. The maximum absolute atomic E-state index is 12.1. The van der Waals surface area contributed by atoms with Crippen molar-refractivity contribution in [2.24, 2.45) is 0 Å². The van der Waals surface area contributed by atoms with E-state index in [2.05, 4.69) is 0 Å². The highest BCUT2D eigenvalue weighted by molar-refractivity contribution is 6.22. The Morgan fingerprint density at radius 2 is 1.70 bits per heavy atom. The molecule has 0 bridgehead atoms. The first-order chi connectivity index (χ1) is 9.68. The van der Waals surface area contributed by atoms with Crippen molar-refractivity contribution in [1.29, 1.82) is 0 Å². The van der Waals surface area contributed by atoms with Gasteiger partial charge in [-0.25, -0.2) is 0 Å². The minimum atomic E-state index is -0.311. The number of ether oxygens (including phenoxy) is 1. The van der Waals surface area contributed by atoms with Crippen molar-refractivity contribution in [3.63, 3.8) is 0 Å². The Kier molecular flexibility index (Phi) is 2.99. The van der Waals surface area contributed by atoms with Crippen LogP contribution in [0.3, 0.4) is 0 Å². The predicted molar refractivity (Wildman–Crippen MR) is 73.6 cm³/mol. The maximum Gasteiger partial charge on any atom is 0.265 e. The second-order valence-corrected chi connectivity index (χ2v) is 4.62. The quantitative estimate of drug-likeness (QED) is 0.803. The van der Waals surface area contributed by atoms with E-state index in [1.165, 1.54) is 7.05 Å². The Morgan fingerprint density at radius 3 is 2.45 bits per heavy atom. The minimum absolute atomic E-state index is 0.282. The Balaban J connectivity index is 1.90. The molecule has 0 spiro atoms. The van der Waals surface area contributed by atoms with Crippen LogP contribution in [-0.2, 0) is 6.61 Å². The van der Waals surface area contributed by atoms with Crippen LogP contribution in [-0.4, -0.2) is 23.8 Å². The van der Waals surface area contributed by atoms with Crippen LogP contribution in [0.25, 0.3) is 0 Å². The standard InChI is InChI=1S/C16H13NO3/c1-17-15(18)12-8-5-9-13(14(12)16(17)19)20-10-11-6-3-2-4-7-11/h2-9H,10H2,1H3. The molecular weight excluding hydrogens is 254 g/mol. The third-order valence-corrected chi connectivity index (χ3v) is 3.32. The van der Waals surface area contributed by atoms with Crippen LogP contribution in [0, 0.1) is 0 Å². The molecule has 100 valence electrons. The lowest BCUT2D eigenvalue weighted by Crippen LogP contribution is -2.24. The van der Waals surface area contributed by atoms with E-state index in [4.69, 9.17) is 4.74 Å². The van der Waals surface area contributed by atoms with E-state index in [9.17, 15) is 9.59 Å². The highest BCUT2D eigenvalue weighted by Crippen LogP contribution is 2.30. The second kappa shape index (κ2) is 4.81. The molecule has 1 heterocycles. The zero-order chi connectivity index (χ0) is 14.1. The lowest BCUT2D eigenvalue weighted by molar-refractivity contribution is 0.0692. The van der Waals surface area contributed by atoms with Crippen molar-refractivity contribution in [2.45, 2.75) is 6.61 Å². The molecule has 2 aromatic carbocycles. The highest BCUT2D eigenvalue weighted by Gasteiger charge is 2.35. The summed E-state index contributed by atoms with van der Waals surface area (Å²) in [5, 5.41) is 0. The van der Waals surface area contributed by atoms with Gasteiger partial charge in [0.05, 0.1) is 11.1 Å². The molecule has 0 saturated heterocycles. The molecule has 0 N–H and O–H groups in total. The van der Waals surface area contributed by atoms with Gasteiger partial charge in [0.1, 0.15) is 12.4 Å². The van der Waals surface area contributed by atoms with Gasteiger partial charge in [-0.3, -0.25) is 14.5 Å². The number of carbonyl (C=O) groups excluding carboxylic acids is 2. The summed E-state index contributed by atoms with van der Waals surface area (Å²) in [4.78, 5) is 25.1. The van der Waals surface area contributed by atoms with Gasteiger partial charge in [-0.05, 0) is 17.7 Å². The third kappa shape index (κ3) is 1.95. The van der Waals surface area contributed by atoms with Crippen LogP contribution in [0.15, 0.2) is 48.5 Å². The normalized spacial score (nSPS) is 13.6. The average molecular weight is 267 g/mol. The Labute approximate surface area is 116 Å². The van der Waals surface area contributed by atoms with E-state index < -0.39 is 0 Å². The Hall–Kier alpha value is -2.62. The highest BCUT2D eigenvalue weighted by atomic mass is 16.5. The average Bonchev–Trinajstić information content (AvgIpc) is 2.72. The van der Waals surface area contributed by atoms with Crippen LogP contribution in [0.2, 0.25) is 0 Å². The molecule has 0 aliphatic carbocycles.